The van der Waals surface area contributed by atoms with Gasteiger partial charge < -0.3 is 14.5 Å². The van der Waals surface area contributed by atoms with Crippen molar-refractivity contribution in [3.05, 3.63) is 35.4 Å². The lowest BCUT2D eigenvalue weighted by Gasteiger charge is -2.39. The van der Waals surface area contributed by atoms with Crippen LogP contribution in [-0.4, -0.2) is 62.1 Å². The zero-order chi connectivity index (χ0) is 17.3. The van der Waals surface area contributed by atoms with Crippen LogP contribution in [0, 0.1) is 12.8 Å². The van der Waals surface area contributed by atoms with Gasteiger partial charge >= 0.3 is 0 Å². The first kappa shape index (κ1) is 17.4. The number of aryl methyl sites for hydroxylation is 1. The van der Waals surface area contributed by atoms with E-state index in [9.17, 15) is 4.79 Å². The first-order valence-corrected chi connectivity index (χ1v) is 9.05. The summed E-state index contributed by atoms with van der Waals surface area (Å²) in [6, 6.07) is 8.97. The van der Waals surface area contributed by atoms with Crippen molar-refractivity contribution in [2.24, 2.45) is 5.92 Å². The van der Waals surface area contributed by atoms with E-state index >= 15 is 0 Å². The number of carbonyl (C=O) groups is 1. The molecule has 0 unspecified atom stereocenters. The molecule has 0 aliphatic carbocycles. The van der Waals surface area contributed by atoms with E-state index < -0.39 is 5.41 Å². The van der Waals surface area contributed by atoms with Crippen molar-refractivity contribution >= 4 is 5.91 Å². The van der Waals surface area contributed by atoms with Gasteiger partial charge in [-0.05, 0) is 45.3 Å². The zero-order valence-corrected chi connectivity index (χ0v) is 15.4. The Morgan fingerprint density at radius 1 is 1.17 bits per heavy atom. The molecule has 0 radical (unpaired) electrons. The van der Waals surface area contributed by atoms with E-state index in [-0.39, 0.29) is 0 Å². The van der Waals surface area contributed by atoms with E-state index in [2.05, 4.69) is 62.0 Å². The van der Waals surface area contributed by atoms with Crippen molar-refractivity contribution in [2.45, 2.75) is 38.1 Å². The quantitative estimate of drug-likeness (QED) is 0.853. The van der Waals surface area contributed by atoms with Crippen molar-refractivity contribution in [1.82, 2.24) is 9.80 Å². The number of rotatable bonds is 3. The monoisotopic (exact) mass is 330 g/mol. The normalized spacial score (nSPS) is 26.8. The van der Waals surface area contributed by atoms with E-state index in [0.717, 1.165) is 31.5 Å². The molecule has 0 spiro atoms. The van der Waals surface area contributed by atoms with Gasteiger partial charge in [-0.15, -0.1) is 0 Å². The van der Waals surface area contributed by atoms with Crippen LogP contribution < -0.4 is 0 Å². The SMILES string of the molecule is Cc1ccc(C2(C(=O)N3C[C@@H](C)[C@H](N(C)C)C3)CCOCC2)cc1. The minimum absolute atomic E-state index is 0.297. The van der Waals surface area contributed by atoms with E-state index in [4.69, 9.17) is 4.74 Å². The van der Waals surface area contributed by atoms with Crippen molar-refractivity contribution < 1.29 is 9.53 Å². The highest BCUT2D eigenvalue weighted by Gasteiger charge is 2.46. The predicted octanol–water partition coefficient (Wildman–Crippen LogP) is 2.45. The van der Waals surface area contributed by atoms with Gasteiger partial charge in [0.2, 0.25) is 5.91 Å². The van der Waals surface area contributed by atoms with Crippen LogP contribution in [0.2, 0.25) is 0 Å². The van der Waals surface area contributed by atoms with Gasteiger partial charge in [0.05, 0.1) is 5.41 Å². The predicted molar refractivity (Wildman–Crippen MR) is 96.1 cm³/mol. The number of likely N-dealkylation sites (tertiary alicyclic amines) is 1. The molecule has 24 heavy (non-hydrogen) atoms. The van der Waals surface area contributed by atoms with Crippen molar-refractivity contribution in [2.75, 3.05) is 40.4 Å². The Bertz CT molecular complexity index is 576. The molecule has 0 aromatic heterocycles. The number of likely N-dealkylation sites (N-methyl/N-ethyl adjacent to an activating group) is 1. The lowest BCUT2D eigenvalue weighted by atomic mass is 9.73. The Balaban J connectivity index is 1.89. The van der Waals surface area contributed by atoms with Crippen LogP contribution in [0.25, 0.3) is 0 Å². The second kappa shape index (κ2) is 6.85. The average Bonchev–Trinajstić information content (AvgIpc) is 2.97. The molecule has 2 atom stereocenters. The van der Waals surface area contributed by atoms with Gasteiger partial charge in [-0.1, -0.05) is 36.8 Å². The van der Waals surface area contributed by atoms with Gasteiger partial charge in [-0.2, -0.15) is 0 Å². The van der Waals surface area contributed by atoms with Crippen molar-refractivity contribution in [3.8, 4) is 0 Å². The summed E-state index contributed by atoms with van der Waals surface area (Å²) in [4.78, 5) is 17.9. The molecule has 2 fully saturated rings. The third-order valence-electron chi connectivity index (χ3n) is 5.88. The molecule has 2 aliphatic rings. The molecule has 1 aromatic rings. The maximum Gasteiger partial charge on any atom is 0.233 e. The molecule has 4 nitrogen and oxygen atoms in total. The topological polar surface area (TPSA) is 32.8 Å². The molecule has 2 saturated heterocycles. The smallest absolute Gasteiger partial charge is 0.233 e. The summed E-state index contributed by atoms with van der Waals surface area (Å²) in [5.41, 5.74) is 1.98. The van der Waals surface area contributed by atoms with Gasteiger partial charge in [0.15, 0.2) is 0 Å². The molecule has 2 heterocycles. The Kier molecular flexibility index (Phi) is 4.97. The first-order valence-electron chi connectivity index (χ1n) is 9.05. The summed E-state index contributed by atoms with van der Waals surface area (Å²) < 4.78 is 5.58. The molecule has 4 heteroatoms. The fourth-order valence-corrected chi connectivity index (χ4v) is 4.31. The average molecular weight is 330 g/mol. The molecular formula is C20H30N2O2. The first-order chi connectivity index (χ1) is 11.4. The largest absolute Gasteiger partial charge is 0.381 e. The third kappa shape index (κ3) is 3.09. The maximum absolute atomic E-state index is 13.6. The minimum atomic E-state index is -0.410. The van der Waals surface area contributed by atoms with Crippen LogP contribution in [0.15, 0.2) is 24.3 Å². The van der Waals surface area contributed by atoms with Gasteiger partial charge in [0.1, 0.15) is 0 Å². The van der Waals surface area contributed by atoms with Crippen LogP contribution >= 0.6 is 0 Å². The molecule has 0 bridgehead atoms. The van der Waals surface area contributed by atoms with Gasteiger partial charge in [-0.25, -0.2) is 0 Å². The van der Waals surface area contributed by atoms with E-state index in [1.807, 2.05) is 0 Å². The van der Waals surface area contributed by atoms with Gasteiger partial charge in [0, 0.05) is 32.3 Å². The lowest BCUT2D eigenvalue weighted by Crippen LogP contribution is -2.49. The summed E-state index contributed by atoms with van der Waals surface area (Å²) in [6.07, 6.45) is 1.57. The zero-order valence-electron chi connectivity index (χ0n) is 15.4. The Hall–Kier alpha value is -1.39. The van der Waals surface area contributed by atoms with E-state index in [1.165, 1.54) is 5.56 Å². The molecule has 0 saturated carbocycles. The standard InChI is InChI=1S/C20H30N2O2/c1-15-5-7-17(8-6-15)20(9-11-24-12-10-20)19(23)22-13-16(2)18(14-22)21(3)4/h5-8,16,18H,9-14H2,1-4H3/t16-,18-/m1/s1. The number of nitrogens with zero attached hydrogens (tertiary/aromatic N) is 2. The van der Waals surface area contributed by atoms with Crippen LogP contribution in [-0.2, 0) is 14.9 Å². The molecule has 0 N–H and O–H groups in total. The maximum atomic E-state index is 13.6. The third-order valence-corrected chi connectivity index (χ3v) is 5.88. The second-order valence-corrected chi connectivity index (χ2v) is 7.78. The highest BCUT2D eigenvalue weighted by Crippen LogP contribution is 2.38. The van der Waals surface area contributed by atoms with Crippen LogP contribution in [0.3, 0.4) is 0 Å². The number of benzene rings is 1. The highest BCUT2D eigenvalue weighted by atomic mass is 16.5. The summed E-state index contributed by atoms with van der Waals surface area (Å²) in [5.74, 6) is 0.810. The van der Waals surface area contributed by atoms with Crippen LogP contribution in [0.4, 0.5) is 0 Å². The Morgan fingerprint density at radius 3 is 2.33 bits per heavy atom. The number of amides is 1. The molecule has 1 amide bonds. The van der Waals surface area contributed by atoms with Crippen LogP contribution in [0.1, 0.15) is 30.9 Å². The fourth-order valence-electron chi connectivity index (χ4n) is 4.31. The van der Waals surface area contributed by atoms with Crippen molar-refractivity contribution in [1.29, 1.82) is 0 Å². The van der Waals surface area contributed by atoms with Gasteiger partial charge in [0.25, 0.3) is 0 Å². The van der Waals surface area contributed by atoms with E-state index in [0.29, 0.717) is 31.1 Å². The minimum Gasteiger partial charge on any atom is -0.381 e. The number of carbonyl (C=O) groups excluding carboxylic acids is 1. The summed E-state index contributed by atoms with van der Waals surface area (Å²) in [6.45, 7) is 7.37. The molecular weight excluding hydrogens is 300 g/mol. The molecule has 2 aliphatic heterocycles. The number of ether oxygens (including phenoxy) is 1. The van der Waals surface area contributed by atoms with Crippen LogP contribution in [0.5, 0.6) is 0 Å². The fraction of sp³-hybridized carbons (Fsp3) is 0.650. The van der Waals surface area contributed by atoms with Crippen molar-refractivity contribution in [3.63, 3.8) is 0 Å². The second-order valence-electron chi connectivity index (χ2n) is 7.78. The van der Waals surface area contributed by atoms with Gasteiger partial charge in [-0.3, -0.25) is 4.79 Å². The Morgan fingerprint density at radius 2 is 1.79 bits per heavy atom. The molecule has 132 valence electrons. The summed E-state index contributed by atoms with van der Waals surface area (Å²) in [7, 11) is 4.22. The molecule has 1 aromatic carbocycles. The van der Waals surface area contributed by atoms with E-state index in [1.54, 1.807) is 0 Å². The molecule has 3 rings (SSSR count). The Labute approximate surface area is 145 Å². The summed E-state index contributed by atoms with van der Waals surface area (Å²) in [5, 5.41) is 0. The summed E-state index contributed by atoms with van der Waals surface area (Å²) >= 11 is 0. The number of hydrogen-bond donors (Lipinski definition) is 0. The highest BCUT2D eigenvalue weighted by molar-refractivity contribution is 5.88. The number of hydrogen-bond acceptors (Lipinski definition) is 3. The lowest BCUT2D eigenvalue weighted by molar-refractivity contribution is -0.140.